The Bertz CT molecular complexity index is 1520. The molecule has 2 N–H and O–H groups in total. The van der Waals surface area contributed by atoms with Gasteiger partial charge in [0.25, 0.3) is 5.91 Å². The van der Waals surface area contributed by atoms with Gasteiger partial charge in [0.1, 0.15) is 11.6 Å². The van der Waals surface area contributed by atoms with Crippen LogP contribution in [0.4, 0.5) is 4.39 Å². The van der Waals surface area contributed by atoms with E-state index in [1.54, 1.807) is 18.4 Å². The van der Waals surface area contributed by atoms with Crippen LogP contribution in [0.3, 0.4) is 0 Å². The lowest BCUT2D eigenvalue weighted by Gasteiger charge is -2.40. The summed E-state index contributed by atoms with van der Waals surface area (Å²) in [5.41, 5.74) is 4.14. The standard InChI is InChI=1S/C32H35Cl2FN4O3S/c1-18-19(5-3-6-27(18)41-2)17-39(22-8-9-22)32(40)30-23(13-21-14-36-15-26(30)38-21)28-16-37-29(43-28)7-4-10-42-31-24(33)11-20(35)12-25(31)34/h3,5-6,11-12,16,21-22,26,36,38H,4,7-10,13-15,17H2,1-2H3/t21-,26-/m1/s1. The number of hydrogen-bond acceptors (Lipinski definition) is 7. The smallest absolute Gasteiger partial charge is 0.252 e. The van der Waals surface area contributed by atoms with E-state index >= 15 is 0 Å². The van der Waals surface area contributed by atoms with Gasteiger partial charge < -0.3 is 25.0 Å². The predicted octanol–water partition coefficient (Wildman–Crippen LogP) is 6.20. The molecular formula is C32H35Cl2FN4O3S. The lowest BCUT2D eigenvalue weighted by Crippen LogP contribution is -2.59. The number of nitrogens with zero attached hydrogens (tertiary/aromatic N) is 2. The third-order valence-electron chi connectivity index (χ3n) is 8.33. The first kappa shape index (κ1) is 30.3. The molecule has 1 saturated heterocycles. The molecule has 1 aliphatic carbocycles. The number of methoxy groups -OCH3 is 1. The summed E-state index contributed by atoms with van der Waals surface area (Å²) < 4.78 is 24.8. The van der Waals surface area contributed by atoms with Gasteiger partial charge in [-0.2, -0.15) is 0 Å². The number of thiazole rings is 1. The maximum atomic E-state index is 14.5. The molecule has 2 aliphatic heterocycles. The van der Waals surface area contributed by atoms with Crippen LogP contribution in [0, 0.1) is 12.7 Å². The molecule has 3 heterocycles. The zero-order valence-electron chi connectivity index (χ0n) is 24.2. The van der Waals surface area contributed by atoms with E-state index in [0.717, 1.165) is 70.3 Å². The van der Waals surface area contributed by atoms with Crippen LogP contribution in [0.15, 0.2) is 42.1 Å². The number of nitrogens with one attached hydrogen (secondary N) is 2. The monoisotopic (exact) mass is 644 g/mol. The fourth-order valence-corrected chi connectivity index (χ4v) is 7.57. The van der Waals surface area contributed by atoms with E-state index in [1.807, 2.05) is 18.3 Å². The molecule has 1 amide bonds. The Balaban J connectivity index is 1.21. The van der Waals surface area contributed by atoms with Crippen molar-refractivity contribution in [1.29, 1.82) is 0 Å². The Kier molecular flexibility index (Phi) is 9.26. The maximum Gasteiger partial charge on any atom is 0.252 e. The number of carbonyl (C=O) groups is 1. The van der Waals surface area contributed by atoms with Gasteiger partial charge in [0, 0.05) is 49.9 Å². The van der Waals surface area contributed by atoms with Crippen LogP contribution in [0.25, 0.3) is 5.57 Å². The highest BCUT2D eigenvalue weighted by molar-refractivity contribution is 7.12. The Morgan fingerprint density at radius 2 is 2.00 bits per heavy atom. The molecule has 1 aromatic heterocycles. The van der Waals surface area contributed by atoms with Crippen LogP contribution in [0.1, 0.15) is 46.7 Å². The van der Waals surface area contributed by atoms with Crippen molar-refractivity contribution in [1.82, 2.24) is 20.5 Å². The fourth-order valence-electron chi connectivity index (χ4n) is 5.97. The van der Waals surface area contributed by atoms with E-state index in [0.29, 0.717) is 26.0 Å². The summed E-state index contributed by atoms with van der Waals surface area (Å²) in [6.07, 6.45) is 6.13. The van der Waals surface area contributed by atoms with Crippen molar-refractivity contribution in [3.8, 4) is 11.5 Å². The first-order valence-electron chi connectivity index (χ1n) is 14.7. The summed E-state index contributed by atoms with van der Waals surface area (Å²) in [7, 11) is 1.68. The summed E-state index contributed by atoms with van der Waals surface area (Å²) >= 11 is 13.8. The lowest BCUT2D eigenvalue weighted by atomic mass is 9.86. The van der Waals surface area contributed by atoms with Crippen molar-refractivity contribution in [2.75, 3.05) is 26.8 Å². The van der Waals surface area contributed by atoms with Crippen LogP contribution in [-0.4, -0.2) is 60.7 Å². The second-order valence-corrected chi connectivity index (χ2v) is 13.3. The van der Waals surface area contributed by atoms with Gasteiger partial charge in [-0.05, 0) is 67.5 Å². The Hall–Kier alpha value is -2.69. The summed E-state index contributed by atoms with van der Waals surface area (Å²) in [5.74, 6) is 0.733. The van der Waals surface area contributed by atoms with Crippen LogP contribution in [-0.2, 0) is 17.8 Å². The average molecular weight is 646 g/mol. The number of carbonyl (C=O) groups excluding carboxylic acids is 1. The zero-order valence-corrected chi connectivity index (χ0v) is 26.5. The minimum absolute atomic E-state index is 0.0492. The van der Waals surface area contributed by atoms with Gasteiger partial charge in [-0.25, -0.2) is 9.37 Å². The number of benzene rings is 2. The minimum Gasteiger partial charge on any atom is -0.496 e. The van der Waals surface area contributed by atoms with E-state index in [-0.39, 0.29) is 39.8 Å². The molecule has 43 heavy (non-hydrogen) atoms. The molecule has 7 nitrogen and oxygen atoms in total. The molecule has 1 saturated carbocycles. The van der Waals surface area contributed by atoms with Crippen molar-refractivity contribution in [2.24, 2.45) is 0 Å². The van der Waals surface area contributed by atoms with Gasteiger partial charge in [0.15, 0.2) is 5.75 Å². The van der Waals surface area contributed by atoms with Crippen molar-refractivity contribution in [3.05, 3.63) is 79.0 Å². The number of aryl methyl sites for hydroxylation is 1. The SMILES string of the molecule is COc1cccc(CN(C(=O)C2=C(c3cnc(CCCOc4c(Cl)cc(F)cc4Cl)s3)C[C@@H]3CNC[C@H]2N3)C2CC2)c1C. The quantitative estimate of drug-likeness (QED) is 0.242. The van der Waals surface area contributed by atoms with Crippen molar-refractivity contribution in [2.45, 2.75) is 63.7 Å². The van der Waals surface area contributed by atoms with E-state index in [9.17, 15) is 9.18 Å². The second-order valence-electron chi connectivity index (χ2n) is 11.3. The third-order valence-corrected chi connectivity index (χ3v) is 10.0. The number of halogens is 3. The molecule has 2 bridgehead atoms. The van der Waals surface area contributed by atoms with Gasteiger partial charge in [0.05, 0.1) is 39.7 Å². The molecule has 3 aromatic rings. The number of piperazine rings is 1. The van der Waals surface area contributed by atoms with E-state index in [4.69, 9.17) is 37.7 Å². The highest BCUT2D eigenvalue weighted by atomic mass is 35.5. The summed E-state index contributed by atoms with van der Waals surface area (Å²) in [4.78, 5) is 22.3. The van der Waals surface area contributed by atoms with Crippen molar-refractivity contribution in [3.63, 3.8) is 0 Å². The van der Waals surface area contributed by atoms with Gasteiger partial charge in [-0.3, -0.25) is 4.79 Å². The van der Waals surface area contributed by atoms with Crippen LogP contribution < -0.4 is 20.1 Å². The molecule has 2 aromatic carbocycles. The van der Waals surface area contributed by atoms with Gasteiger partial charge >= 0.3 is 0 Å². The largest absolute Gasteiger partial charge is 0.496 e. The van der Waals surface area contributed by atoms with E-state index in [1.165, 1.54) is 12.1 Å². The maximum absolute atomic E-state index is 14.5. The molecule has 0 radical (unpaired) electrons. The minimum atomic E-state index is -0.502. The average Bonchev–Trinajstić information content (AvgIpc) is 3.72. The number of rotatable bonds is 11. The number of amides is 1. The lowest BCUT2D eigenvalue weighted by molar-refractivity contribution is -0.128. The topological polar surface area (TPSA) is 75.7 Å². The molecule has 6 rings (SSSR count). The molecule has 0 spiro atoms. The number of ether oxygens (including phenoxy) is 2. The fraction of sp³-hybridized carbons (Fsp3) is 0.438. The van der Waals surface area contributed by atoms with Crippen molar-refractivity contribution >= 4 is 46.0 Å². The van der Waals surface area contributed by atoms with Crippen LogP contribution >= 0.6 is 34.5 Å². The zero-order chi connectivity index (χ0) is 30.1. The Morgan fingerprint density at radius 1 is 1.21 bits per heavy atom. The third kappa shape index (κ3) is 6.71. The van der Waals surface area contributed by atoms with E-state index in [2.05, 4.69) is 28.5 Å². The first-order chi connectivity index (χ1) is 20.8. The first-order valence-corrected chi connectivity index (χ1v) is 16.2. The molecular weight excluding hydrogens is 610 g/mol. The Labute approximate surface area is 265 Å². The summed E-state index contributed by atoms with van der Waals surface area (Å²) in [6, 6.07) is 8.89. The van der Waals surface area contributed by atoms with Crippen LogP contribution in [0.5, 0.6) is 11.5 Å². The second kappa shape index (κ2) is 13.1. The molecule has 228 valence electrons. The van der Waals surface area contributed by atoms with Gasteiger partial charge in [-0.15, -0.1) is 11.3 Å². The highest BCUT2D eigenvalue weighted by Gasteiger charge is 2.41. The molecule has 2 fully saturated rings. The number of hydrogen-bond donors (Lipinski definition) is 2. The molecule has 2 atom stereocenters. The molecule has 0 unspecified atom stereocenters. The summed E-state index contributed by atoms with van der Waals surface area (Å²) in [5, 5.41) is 8.50. The van der Waals surface area contributed by atoms with Crippen LogP contribution in [0.2, 0.25) is 10.0 Å². The van der Waals surface area contributed by atoms with Crippen molar-refractivity contribution < 1.29 is 18.7 Å². The number of fused-ring (bicyclic) bond motifs is 2. The van der Waals surface area contributed by atoms with Gasteiger partial charge in [0.2, 0.25) is 0 Å². The van der Waals surface area contributed by atoms with Gasteiger partial charge in [-0.1, -0.05) is 35.3 Å². The normalized spacial score (nSPS) is 19.8. The number of aromatic nitrogens is 1. The molecule has 11 heteroatoms. The van der Waals surface area contributed by atoms with E-state index < -0.39 is 5.82 Å². The summed E-state index contributed by atoms with van der Waals surface area (Å²) in [6.45, 7) is 4.57. The predicted molar refractivity (Wildman–Crippen MR) is 169 cm³/mol. The Morgan fingerprint density at radius 3 is 2.74 bits per heavy atom. The molecule has 3 aliphatic rings. The highest BCUT2D eigenvalue weighted by Crippen LogP contribution is 2.39.